The fourth-order valence-electron chi connectivity index (χ4n) is 1.80. The smallest absolute Gasteiger partial charge is 0.200 e. The van der Waals surface area contributed by atoms with E-state index >= 15 is 0 Å². The van der Waals surface area contributed by atoms with Crippen molar-refractivity contribution in [2.24, 2.45) is 5.92 Å². The van der Waals surface area contributed by atoms with Crippen molar-refractivity contribution in [3.63, 3.8) is 0 Å². The van der Waals surface area contributed by atoms with Crippen molar-refractivity contribution in [1.82, 2.24) is 0 Å². The topological polar surface area (TPSA) is 0 Å². The number of unbranched alkanes of at least 4 members (excludes halogenated alkanes) is 1. The Balaban J connectivity index is 4.60. The Morgan fingerprint density at radius 3 is 1.74 bits per heavy atom. The summed E-state index contributed by atoms with van der Waals surface area (Å²) in [6.45, 7) is 3.60. The van der Waals surface area contributed by atoms with E-state index in [4.69, 9.17) is 0 Å². The highest BCUT2D eigenvalue weighted by molar-refractivity contribution is 4.91. The van der Waals surface area contributed by atoms with Gasteiger partial charge in [-0.2, -0.15) is 30.7 Å². The van der Waals surface area contributed by atoms with Crippen LogP contribution in [0.5, 0.6) is 0 Å². The second kappa shape index (κ2) is 6.79. The third kappa shape index (κ3) is 4.84. The van der Waals surface area contributed by atoms with Gasteiger partial charge in [0.25, 0.3) is 0 Å². The van der Waals surface area contributed by atoms with Crippen LogP contribution >= 0.6 is 0 Å². The van der Waals surface area contributed by atoms with Gasteiger partial charge >= 0.3 is 18.0 Å². The second-order valence-corrected chi connectivity index (χ2v) is 4.73. The predicted molar refractivity (Wildman–Crippen MR) is 58.5 cm³/mol. The Kier molecular flexibility index (Phi) is 6.62. The average molecular weight is 296 g/mol. The van der Waals surface area contributed by atoms with Crippen molar-refractivity contribution in [1.29, 1.82) is 0 Å². The molecule has 7 heteroatoms. The lowest BCUT2D eigenvalue weighted by molar-refractivity contribution is -0.356. The van der Waals surface area contributed by atoms with Gasteiger partial charge in [-0.05, 0) is 12.3 Å². The van der Waals surface area contributed by atoms with Crippen LogP contribution in [0.1, 0.15) is 52.4 Å². The van der Waals surface area contributed by atoms with E-state index in [1.165, 1.54) is 0 Å². The van der Waals surface area contributed by atoms with Crippen molar-refractivity contribution in [3.05, 3.63) is 0 Å². The first-order valence-electron chi connectivity index (χ1n) is 6.32. The second-order valence-electron chi connectivity index (χ2n) is 4.73. The van der Waals surface area contributed by atoms with E-state index < -0.39 is 24.4 Å². The number of hydrogen-bond donors (Lipinski definition) is 0. The third-order valence-corrected chi connectivity index (χ3v) is 3.23. The van der Waals surface area contributed by atoms with Gasteiger partial charge < -0.3 is 0 Å². The summed E-state index contributed by atoms with van der Waals surface area (Å²) in [5.41, 5.74) is 0. The molecular weight excluding hydrogens is 277 g/mol. The molecule has 0 rings (SSSR count). The van der Waals surface area contributed by atoms with Crippen molar-refractivity contribution in [2.45, 2.75) is 70.4 Å². The molecule has 19 heavy (non-hydrogen) atoms. The van der Waals surface area contributed by atoms with Gasteiger partial charge in [0, 0.05) is 6.42 Å². The molecule has 0 radical (unpaired) electrons. The van der Waals surface area contributed by atoms with Crippen molar-refractivity contribution >= 4 is 0 Å². The van der Waals surface area contributed by atoms with E-state index in [2.05, 4.69) is 0 Å². The molecule has 0 amide bonds. The zero-order valence-electron chi connectivity index (χ0n) is 11.0. The number of halogens is 7. The largest absolute Gasteiger partial charge is 0.459 e. The van der Waals surface area contributed by atoms with Gasteiger partial charge in [0.15, 0.2) is 0 Å². The van der Waals surface area contributed by atoms with Crippen LogP contribution in [-0.2, 0) is 0 Å². The maximum Gasteiger partial charge on any atom is 0.459 e. The molecule has 0 saturated carbocycles. The Hall–Kier alpha value is -0.490. The molecule has 0 nitrogen and oxygen atoms in total. The summed E-state index contributed by atoms with van der Waals surface area (Å²) < 4.78 is 87.1. The van der Waals surface area contributed by atoms with Crippen LogP contribution in [0.4, 0.5) is 30.7 Å². The summed E-state index contributed by atoms with van der Waals surface area (Å²) in [7, 11) is 0. The molecule has 0 aromatic carbocycles. The van der Waals surface area contributed by atoms with E-state index in [0.29, 0.717) is 12.8 Å². The van der Waals surface area contributed by atoms with Crippen LogP contribution in [0.2, 0.25) is 0 Å². The number of rotatable bonds is 8. The number of hydrogen-bond acceptors (Lipinski definition) is 0. The highest BCUT2D eigenvalue weighted by Gasteiger charge is 2.72. The average Bonchev–Trinajstić information content (AvgIpc) is 2.27. The normalized spacial score (nSPS) is 15.6. The fourth-order valence-corrected chi connectivity index (χ4v) is 1.80. The van der Waals surface area contributed by atoms with E-state index in [0.717, 1.165) is 12.8 Å². The third-order valence-electron chi connectivity index (χ3n) is 3.23. The minimum atomic E-state index is -6.22. The molecule has 0 aliphatic rings. The van der Waals surface area contributed by atoms with Crippen molar-refractivity contribution in [3.8, 4) is 0 Å². The minimum Gasteiger partial charge on any atom is -0.200 e. The van der Waals surface area contributed by atoms with Gasteiger partial charge in [0.2, 0.25) is 0 Å². The summed E-state index contributed by atoms with van der Waals surface area (Å²) in [4.78, 5) is 0. The van der Waals surface area contributed by atoms with E-state index in [-0.39, 0.29) is 12.3 Å². The molecule has 0 aliphatic heterocycles. The highest BCUT2D eigenvalue weighted by Crippen LogP contribution is 2.49. The van der Waals surface area contributed by atoms with Gasteiger partial charge in [-0.15, -0.1) is 0 Å². The summed E-state index contributed by atoms with van der Waals surface area (Å²) in [5, 5.41) is 0. The first-order valence-corrected chi connectivity index (χ1v) is 6.32. The molecule has 0 spiro atoms. The SMILES string of the molecule is CCCCC(CC)CCC(F)(F)C(F)(F)C(F)(F)F. The summed E-state index contributed by atoms with van der Waals surface area (Å²) in [6.07, 6.45) is -5.35. The highest BCUT2D eigenvalue weighted by atomic mass is 19.4. The first-order chi connectivity index (χ1) is 8.49. The Bertz CT molecular complexity index is 257. The molecule has 0 saturated heterocycles. The zero-order chi connectivity index (χ0) is 15.3. The molecule has 1 unspecified atom stereocenters. The van der Waals surface area contributed by atoms with Crippen LogP contribution < -0.4 is 0 Å². The lowest BCUT2D eigenvalue weighted by Gasteiger charge is -2.29. The van der Waals surface area contributed by atoms with Gasteiger partial charge in [0.05, 0.1) is 0 Å². The Morgan fingerprint density at radius 1 is 0.842 bits per heavy atom. The standard InChI is InChI=1S/C12H19F7/c1-3-5-6-9(4-2)7-8-10(13,14)11(15,16)12(17,18)19/h9H,3-8H2,1-2H3. The maximum atomic E-state index is 13.0. The monoisotopic (exact) mass is 296 g/mol. The van der Waals surface area contributed by atoms with Gasteiger partial charge in [-0.25, -0.2) is 0 Å². The van der Waals surface area contributed by atoms with E-state index in [9.17, 15) is 30.7 Å². The molecule has 0 N–H and O–H groups in total. The zero-order valence-corrected chi connectivity index (χ0v) is 11.0. The summed E-state index contributed by atoms with van der Waals surface area (Å²) >= 11 is 0. The molecule has 0 aromatic heterocycles. The minimum absolute atomic E-state index is 0.241. The van der Waals surface area contributed by atoms with Crippen LogP contribution in [0.15, 0.2) is 0 Å². The van der Waals surface area contributed by atoms with Crippen LogP contribution in [0.25, 0.3) is 0 Å². The molecule has 1 atom stereocenters. The molecule has 0 aliphatic carbocycles. The van der Waals surface area contributed by atoms with E-state index in [1.807, 2.05) is 6.92 Å². The van der Waals surface area contributed by atoms with Crippen molar-refractivity contribution in [2.75, 3.05) is 0 Å². The van der Waals surface area contributed by atoms with E-state index in [1.54, 1.807) is 6.92 Å². The molecule has 0 heterocycles. The lowest BCUT2D eigenvalue weighted by Crippen LogP contribution is -2.51. The first kappa shape index (κ1) is 18.5. The van der Waals surface area contributed by atoms with Crippen LogP contribution in [-0.4, -0.2) is 18.0 Å². The maximum absolute atomic E-state index is 13.0. The molecule has 0 bridgehead atoms. The Morgan fingerprint density at radius 2 is 1.37 bits per heavy atom. The van der Waals surface area contributed by atoms with Crippen molar-refractivity contribution < 1.29 is 30.7 Å². The van der Waals surface area contributed by atoms with Gasteiger partial charge in [-0.1, -0.05) is 39.5 Å². The fraction of sp³-hybridized carbons (Fsp3) is 1.00. The molecule has 0 aromatic rings. The Labute approximate surface area is 108 Å². The van der Waals surface area contributed by atoms with Crippen LogP contribution in [0.3, 0.4) is 0 Å². The molecule has 0 fully saturated rings. The summed E-state index contributed by atoms with van der Waals surface area (Å²) in [6, 6.07) is 0. The van der Waals surface area contributed by atoms with Crippen LogP contribution in [0, 0.1) is 5.92 Å². The molecular formula is C12H19F7. The van der Waals surface area contributed by atoms with Gasteiger partial charge in [0.1, 0.15) is 0 Å². The van der Waals surface area contributed by atoms with Gasteiger partial charge in [-0.3, -0.25) is 0 Å². The lowest BCUT2D eigenvalue weighted by atomic mass is 9.91. The molecule has 116 valence electrons. The quantitative estimate of drug-likeness (QED) is 0.495. The predicted octanol–water partition coefficient (Wildman–Crippen LogP) is 5.82. The number of alkyl halides is 7. The summed E-state index contributed by atoms with van der Waals surface area (Å²) in [5.74, 6) is -11.3.